The van der Waals surface area contributed by atoms with Crippen LogP contribution in [0, 0.1) is 11.3 Å². The maximum Gasteiger partial charge on any atom is 0.378 e. The first kappa shape index (κ1) is 20.9. The molecule has 0 spiro atoms. The van der Waals surface area contributed by atoms with Gasteiger partial charge in [-0.05, 0) is 37.8 Å². The zero-order valence-electron chi connectivity index (χ0n) is 15.5. The minimum absolute atomic E-state index is 0.0379. The summed E-state index contributed by atoms with van der Waals surface area (Å²) in [7, 11) is 0. The molecule has 0 atom stereocenters. The van der Waals surface area contributed by atoms with Gasteiger partial charge in [0.2, 0.25) is 0 Å². The predicted octanol–water partition coefficient (Wildman–Crippen LogP) is 1.12. The summed E-state index contributed by atoms with van der Waals surface area (Å²) in [5.74, 6) is -2.17. The summed E-state index contributed by atoms with van der Waals surface area (Å²) in [6.45, 7) is 0.826. The predicted molar refractivity (Wildman–Crippen MR) is 101 cm³/mol. The van der Waals surface area contributed by atoms with E-state index in [0.29, 0.717) is 31.2 Å². The zero-order chi connectivity index (χ0) is 20.4. The Labute approximate surface area is 163 Å². The molecule has 0 fully saturated rings. The SMILES string of the molecule is N#CC1=C(CCCCCN)C(=O)ON(C(N)=NCCc2ccccc2)OC1=O. The fraction of sp³-hybridized carbons (Fsp3) is 0.368. The Morgan fingerprint density at radius 2 is 1.79 bits per heavy atom. The molecule has 1 aliphatic heterocycles. The normalized spacial score (nSPS) is 15.0. The molecule has 0 saturated heterocycles. The standard InChI is InChI=1S/C19H23N5O4/c20-11-6-2-5-9-15-16(13-21)18(26)28-24(27-17(15)25)19(22)23-12-10-14-7-3-1-4-8-14/h1,3-4,7-8H,2,5-6,9-12,20H2,(H2,22,23). The minimum Gasteiger partial charge on any atom is -0.364 e. The van der Waals surface area contributed by atoms with Crippen LogP contribution in [0.1, 0.15) is 31.2 Å². The molecule has 28 heavy (non-hydrogen) atoms. The van der Waals surface area contributed by atoms with Crippen molar-refractivity contribution in [3.63, 3.8) is 0 Å². The van der Waals surface area contributed by atoms with E-state index in [4.69, 9.17) is 21.1 Å². The number of benzene rings is 1. The largest absolute Gasteiger partial charge is 0.378 e. The maximum atomic E-state index is 12.4. The van der Waals surface area contributed by atoms with Crippen LogP contribution >= 0.6 is 0 Å². The first-order valence-electron chi connectivity index (χ1n) is 8.98. The van der Waals surface area contributed by atoms with Gasteiger partial charge in [-0.3, -0.25) is 9.68 Å². The highest BCUT2D eigenvalue weighted by Gasteiger charge is 2.33. The Morgan fingerprint density at radius 1 is 1.07 bits per heavy atom. The van der Waals surface area contributed by atoms with Crippen LogP contribution in [0.4, 0.5) is 0 Å². The Morgan fingerprint density at radius 3 is 2.46 bits per heavy atom. The Hall–Kier alpha value is -3.38. The summed E-state index contributed by atoms with van der Waals surface area (Å²) in [6, 6.07) is 11.3. The van der Waals surface area contributed by atoms with Crippen molar-refractivity contribution in [3.05, 3.63) is 47.0 Å². The molecule has 1 aliphatic rings. The van der Waals surface area contributed by atoms with Gasteiger partial charge in [-0.2, -0.15) is 5.26 Å². The van der Waals surface area contributed by atoms with Gasteiger partial charge < -0.3 is 11.5 Å². The van der Waals surface area contributed by atoms with Crippen molar-refractivity contribution >= 4 is 17.9 Å². The van der Waals surface area contributed by atoms with Gasteiger partial charge in [0.15, 0.2) is 0 Å². The van der Waals surface area contributed by atoms with Crippen LogP contribution in [-0.4, -0.2) is 36.2 Å². The topological polar surface area (TPSA) is 144 Å². The smallest absolute Gasteiger partial charge is 0.364 e. The summed E-state index contributed by atoms with van der Waals surface area (Å²) in [4.78, 5) is 38.5. The molecule has 9 nitrogen and oxygen atoms in total. The van der Waals surface area contributed by atoms with Crippen molar-refractivity contribution in [3.8, 4) is 6.07 Å². The molecule has 0 aromatic heterocycles. The summed E-state index contributed by atoms with van der Waals surface area (Å²) in [6.07, 6.45) is 2.93. The first-order chi connectivity index (χ1) is 13.6. The third-order valence-corrected chi connectivity index (χ3v) is 4.03. The van der Waals surface area contributed by atoms with Crippen molar-refractivity contribution in [1.29, 1.82) is 5.26 Å². The number of hydrogen-bond acceptors (Lipinski definition) is 7. The molecule has 0 bridgehead atoms. The van der Waals surface area contributed by atoms with Crippen molar-refractivity contribution in [2.75, 3.05) is 13.1 Å². The van der Waals surface area contributed by atoms with Crippen molar-refractivity contribution in [2.45, 2.75) is 32.1 Å². The van der Waals surface area contributed by atoms with Crippen LogP contribution in [0.25, 0.3) is 0 Å². The zero-order valence-corrected chi connectivity index (χ0v) is 15.5. The van der Waals surface area contributed by atoms with Gasteiger partial charge in [0, 0.05) is 11.8 Å². The second-order valence-corrected chi connectivity index (χ2v) is 6.05. The van der Waals surface area contributed by atoms with Crippen LogP contribution in [-0.2, 0) is 25.7 Å². The molecule has 148 valence electrons. The van der Waals surface area contributed by atoms with Crippen LogP contribution < -0.4 is 11.5 Å². The molecule has 0 aliphatic carbocycles. The second kappa shape index (κ2) is 10.7. The number of hydrogen-bond donors (Lipinski definition) is 2. The molecular formula is C19H23N5O4. The summed E-state index contributed by atoms with van der Waals surface area (Å²) in [5.41, 5.74) is 11.8. The molecule has 1 heterocycles. The number of unbranched alkanes of at least 4 members (excludes halogenated alkanes) is 2. The molecule has 2 rings (SSSR count). The van der Waals surface area contributed by atoms with E-state index in [2.05, 4.69) is 4.99 Å². The number of carbonyl (C=O) groups is 2. The lowest BCUT2D eigenvalue weighted by atomic mass is 10.0. The summed E-state index contributed by atoms with van der Waals surface area (Å²) < 4.78 is 0. The van der Waals surface area contributed by atoms with E-state index in [-0.39, 0.29) is 18.0 Å². The quantitative estimate of drug-likeness (QED) is 0.385. The highest BCUT2D eigenvalue weighted by molar-refractivity contribution is 6.04. The summed E-state index contributed by atoms with van der Waals surface area (Å²) >= 11 is 0. The van der Waals surface area contributed by atoms with Crippen molar-refractivity contribution in [1.82, 2.24) is 5.23 Å². The molecule has 0 saturated carbocycles. The number of carbonyl (C=O) groups excluding carboxylic acids is 2. The lowest BCUT2D eigenvalue weighted by molar-refractivity contribution is -0.275. The number of aliphatic imine (C=N–C) groups is 1. The Kier molecular flexibility index (Phi) is 7.99. The fourth-order valence-corrected chi connectivity index (χ4v) is 2.55. The monoisotopic (exact) mass is 385 g/mol. The van der Waals surface area contributed by atoms with Crippen molar-refractivity contribution in [2.24, 2.45) is 16.5 Å². The second-order valence-electron chi connectivity index (χ2n) is 6.05. The van der Waals surface area contributed by atoms with E-state index in [9.17, 15) is 14.9 Å². The van der Waals surface area contributed by atoms with Gasteiger partial charge in [-0.25, -0.2) is 14.6 Å². The number of guanidine groups is 1. The Bertz CT molecular complexity index is 798. The van der Waals surface area contributed by atoms with Gasteiger partial charge in [0.1, 0.15) is 11.6 Å². The van der Waals surface area contributed by atoms with Crippen LogP contribution in [0.5, 0.6) is 0 Å². The van der Waals surface area contributed by atoms with E-state index < -0.39 is 17.5 Å². The molecule has 0 radical (unpaired) electrons. The van der Waals surface area contributed by atoms with Gasteiger partial charge in [0.05, 0.1) is 5.57 Å². The third-order valence-electron chi connectivity index (χ3n) is 4.03. The molecule has 1 aromatic carbocycles. The number of nitrogens with zero attached hydrogens (tertiary/aromatic N) is 3. The lowest BCUT2D eigenvalue weighted by Gasteiger charge is -2.17. The third kappa shape index (κ3) is 5.82. The van der Waals surface area contributed by atoms with E-state index in [0.717, 1.165) is 18.4 Å². The number of rotatable bonds is 8. The number of nitriles is 1. The van der Waals surface area contributed by atoms with Gasteiger partial charge in [-0.1, -0.05) is 36.8 Å². The van der Waals surface area contributed by atoms with E-state index in [1.807, 2.05) is 30.3 Å². The van der Waals surface area contributed by atoms with Crippen LogP contribution in [0.15, 0.2) is 46.5 Å². The van der Waals surface area contributed by atoms with Crippen LogP contribution in [0.2, 0.25) is 0 Å². The van der Waals surface area contributed by atoms with Gasteiger partial charge >= 0.3 is 11.9 Å². The molecule has 1 aromatic rings. The van der Waals surface area contributed by atoms with Crippen molar-refractivity contribution < 1.29 is 19.3 Å². The van der Waals surface area contributed by atoms with Gasteiger partial charge in [0.25, 0.3) is 5.96 Å². The maximum absolute atomic E-state index is 12.4. The average molecular weight is 385 g/mol. The fourth-order valence-electron chi connectivity index (χ4n) is 2.55. The first-order valence-corrected chi connectivity index (χ1v) is 8.98. The van der Waals surface area contributed by atoms with Crippen LogP contribution in [0.3, 0.4) is 0 Å². The number of nitrogens with two attached hydrogens (primary N) is 2. The molecule has 9 heteroatoms. The molecule has 4 N–H and O–H groups in total. The van der Waals surface area contributed by atoms with E-state index in [1.165, 1.54) is 0 Å². The Balaban J connectivity index is 2.03. The lowest BCUT2D eigenvalue weighted by Crippen LogP contribution is -2.39. The van der Waals surface area contributed by atoms with E-state index in [1.54, 1.807) is 6.07 Å². The van der Waals surface area contributed by atoms with E-state index >= 15 is 0 Å². The summed E-state index contributed by atoms with van der Waals surface area (Å²) in [5, 5.41) is 9.71. The highest BCUT2D eigenvalue weighted by atomic mass is 17.0. The minimum atomic E-state index is -1.01. The molecule has 0 amide bonds. The number of hydroxylamine groups is 2. The molecular weight excluding hydrogens is 362 g/mol. The van der Waals surface area contributed by atoms with Gasteiger partial charge in [-0.15, -0.1) is 0 Å². The average Bonchev–Trinajstić information content (AvgIpc) is 2.81. The highest BCUT2D eigenvalue weighted by Crippen LogP contribution is 2.21. The molecule has 0 unspecified atom stereocenters.